The van der Waals surface area contributed by atoms with Crippen LogP contribution in [0.5, 0.6) is 0 Å². The molecule has 5 fully saturated rings. The summed E-state index contributed by atoms with van der Waals surface area (Å²) < 4.78 is 39.4. The number of amides is 4. The van der Waals surface area contributed by atoms with Gasteiger partial charge in [0.2, 0.25) is 29.6 Å². The Labute approximate surface area is 554 Å². The summed E-state index contributed by atoms with van der Waals surface area (Å²) in [5.41, 5.74) is 12.1. The maximum Gasteiger partial charge on any atom is 0.325 e. The van der Waals surface area contributed by atoms with Gasteiger partial charge in [-0.25, -0.2) is 15.0 Å². The first-order valence-corrected chi connectivity index (χ1v) is 36.9. The van der Waals surface area contributed by atoms with E-state index in [1.54, 1.807) is 14.4 Å². The number of aliphatic hydroxyl groups is 2. The summed E-state index contributed by atoms with van der Waals surface area (Å²) in [6.07, 6.45) is -1.08. The Morgan fingerprint density at radius 1 is 0.705 bits per heavy atom. The number of ketones is 2. The number of anilines is 3. The molecule has 1 aliphatic carbocycles. The van der Waals surface area contributed by atoms with Crippen LogP contribution in [0.25, 0.3) is 22.2 Å². The number of Topliss-reactive ketones (excluding diaryl/α,β-unsaturated/α-hetero) is 2. The van der Waals surface area contributed by atoms with Gasteiger partial charge in [-0.3, -0.25) is 42.4 Å². The monoisotopic (exact) mass is 1380 g/mol. The molecule has 2 bridgehead atoms. The van der Waals surface area contributed by atoms with E-state index >= 15 is 0 Å². The molecule has 13 rings (SSSR count). The maximum absolute atomic E-state index is 14.2. The fraction of sp³-hybridized carbons (Fsp3) is 0.500. The number of aromatic nitrogens is 7. The van der Waals surface area contributed by atoms with E-state index in [1.807, 2.05) is 54.7 Å². The molecule has 0 radical (unpaired) electrons. The van der Waals surface area contributed by atoms with Crippen LogP contribution in [-0.4, -0.2) is 187 Å². The molecule has 2 aromatic carbocycles. The molecule has 10 heterocycles. The van der Waals surface area contributed by atoms with Gasteiger partial charge in [0.1, 0.15) is 60.2 Å². The van der Waals surface area contributed by atoms with Gasteiger partial charge in [0.25, 0.3) is 0 Å². The Balaban J connectivity index is 0.586. The molecule has 8 N–H and O–H groups in total. The van der Waals surface area contributed by atoms with Gasteiger partial charge >= 0.3 is 13.4 Å². The van der Waals surface area contributed by atoms with E-state index in [0.29, 0.717) is 62.1 Å². The lowest BCUT2D eigenvalue weighted by Gasteiger charge is -2.31. The molecule has 0 spiro atoms. The minimum atomic E-state index is -4.34. The molecule has 12 atom stereocenters. The molecule has 6 aliphatic heterocycles. The lowest BCUT2D eigenvalue weighted by Crippen LogP contribution is -2.51. The topological polar surface area (TPSA) is 373 Å². The van der Waals surface area contributed by atoms with Crippen molar-refractivity contribution >= 4 is 112 Å². The second-order valence-corrected chi connectivity index (χ2v) is 30.1. The standard InChI is InChI=1S/C62H71N13O16P2S2/c63-56-51-58(75(34-68-51)61-55-52(81)45(88-61)31-86-92(84,94)90-54-46(32-87-93(85,95)91-55)89-60(53(54)82)74-30-38-13-3-5-14-40-50(38)57(74)67-33-66-40)70-62(69-56)64-25-7-18-44(77)42-16-8-27-72(42)59(83)43-17-9-26-71(43)48(79)23-21-39(76)28-65-47(78)22-24-49(80)73-29-37-12-2-1-10-35(37)19-20-36-11-4-6-15-41(36)73/h1-2,4,6,10-12,15,30,33-34,42-43,45-46,52-55,60-61,81-82H,3,5,7-9,13-14,16-18,21-29,31-32H2,(H,65,78)(H,84,94)(H,85,95)(H3,63,64,69,70)/t42-,43-,45+,46+,52+,53+,54+,55+,60?,61+,92?,93?/m0/s1. The number of rotatable bonds is 17. The number of hydrogen-bond donors (Lipinski definition) is 7. The van der Waals surface area contributed by atoms with Gasteiger partial charge < -0.3 is 74.2 Å². The van der Waals surface area contributed by atoms with Gasteiger partial charge in [0.15, 0.2) is 35.5 Å². The first-order valence-electron chi connectivity index (χ1n) is 31.7. The maximum atomic E-state index is 14.2. The number of nitrogens with zero attached hydrogens (tertiary/aromatic N) is 10. The van der Waals surface area contributed by atoms with Crippen molar-refractivity contribution < 1.29 is 76.3 Å². The van der Waals surface area contributed by atoms with E-state index < -0.39 is 93.7 Å². The van der Waals surface area contributed by atoms with E-state index in [0.717, 1.165) is 53.5 Å². The summed E-state index contributed by atoms with van der Waals surface area (Å²) in [6, 6.07) is 13.4. The lowest BCUT2D eigenvalue weighted by atomic mass is 10.0. The van der Waals surface area contributed by atoms with Crippen LogP contribution >= 0.6 is 13.4 Å². The van der Waals surface area contributed by atoms with Crippen LogP contribution in [0.15, 0.2) is 67.4 Å². The first-order chi connectivity index (χ1) is 45.8. The molecule has 0 saturated carbocycles. The van der Waals surface area contributed by atoms with E-state index in [2.05, 4.69) is 47.4 Å². The van der Waals surface area contributed by atoms with E-state index in [1.165, 1.54) is 22.1 Å². The Morgan fingerprint density at radius 3 is 2.23 bits per heavy atom. The van der Waals surface area contributed by atoms with Gasteiger partial charge in [0.05, 0.1) is 50.1 Å². The largest absolute Gasteiger partial charge is 0.387 e. The van der Waals surface area contributed by atoms with Gasteiger partial charge in [-0.1, -0.05) is 42.2 Å². The molecule has 33 heteroatoms. The highest BCUT2D eigenvalue weighted by molar-refractivity contribution is 8.07. The predicted octanol–water partition coefficient (Wildman–Crippen LogP) is 3.44. The normalized spacial score (nSPS) is 28.1. The van der Waals surface area contributed by atoms with Crippen molar-refractivity contribution in [1.82, 2.24) is 49.2 Å². The number of carbonyl (C=O) groups excluding carboxylic acids is 6. The summed E-state index contributed by atoms with van der Waals surface area (Å²) in [6.45, 7) is -8.92. The molecule has 95 heavy (non-hydrogen) atoms. The number of aliphatic hydroxyl groups excluding tert-OH is 2. The number of ether oxygens (including phenoxy) is 2. The minimum Gasteiger partial charge on any atom is -0.387 e. The van der Waals surface area contributed by atoms with Crippen molar-refractivity contribution in [3.63, 3.8) is 0 Å². The van der Waals surface area contributed by atoms with Crippen molar-refractivity contribution in [2.24, 2.45) is 0 Å². The van der Waals surface area contributed by atoms with Crippen LogP contribution in [0.3, 0.4) is 0 Å². The van der Waals surface area contributed by atoms with Gasteiger partial charge in [-0.05, 0) is 111 Å². The number of aryl methyl sites for hydroxylation is 2. The quantitative estimate of drug-likeness (QED) is 0.0391. The van der Waals surface area contributed by atoms with E-state index in [4.69, 9.17) is 56.9 Å². The number of benzene rings is 2. The highest BCUT2D eigenvalue weighted by Crippen LogP contribution is 2.54. The Morgan fingerprint density at radius 2 is 1.41 bits per heavy atom. The van der Waals surface area contributed by atoms with Crippen molar-refractivity contribution in [2.75, 3.05) is 55.3 Å². The molecule has 4 aromatic heterocycles. The third kappa shape index (κ3) is 14.2. The third-order valence-electron chi connectivity index (χ3n) is 18.3. The highest BCUT2D eigenvalue weighted by atomic mass is 32.5. The van der Waals surface area contributed by atoms with Gasteiger partial charge in [-0.2, -0.15) is 9.97 Å². The van der Waals surface area contributed by atoms with Crippen LogP contribution in [-0.2, 0) is 99.3 Å². The zero-order valence-corrected chi connectivity index (χ0v) is 54.8. The van der Waals surface area contributed by atoms with Crippen LogP contribution < -0.4 is 21.3 Å². The molecule has 5 saturated heterocycles. The number of hydrogen-bond acceptors (Lipinski definition) is 23. The van der Waals surface area contributed by atoms with Crippen molar-refractivity contribution in [2.45, 2.75) is 158 Å². The number of imidazole rings is 1. The van der Waals surface area contributed by atoms with Crippen LogP contribution in [0.1, 0.15) is 117 Å². The highest BCUT2D eigenvalue weighted by Gasteiger charge is 2.53. The van der Waals surface area contributed by atoms with Crippen molar-refractivity contribution in [3.8, 4) is 11.8 Å². The van der Waals surface area contributed by atoms with Gasteiger partial charge in [0, 0.05) is 74.4 Å². The number of nitrogens with one attached hydrogen (secondary N) is 2. The van der Waals surface area contributed by atoms with Crippen LogP contribution in [0.2, 0.25) is 0 Å². The Kier molecular flexibility index (Phi) is 19.7. The number of para-hydroxylation sites is 1. The summed E-state index contributed by atoms with van der Waals surface area (Å²) in [4.78, 5) is 132. The number of nitrogens with two attached hydrogens (primary N) is 1. The molecule has 4 amide bonds. The van der Waals surface area contributed by atoms with Crippen molar-refractivity contribution in [3.05, 3.63) is 95.3 Å². The van der Waals surface area contributed by atoms with Crippen LogP contribution in [0, 0.1) is 11.8 Å². The average Bonchev–Trinajstić information content (AvgIpc) is 1.62. The molecule has 7 aliphatic rings. The SMILES string of the molecule is Nc1nc(NCCCC(=O)[C@@H]2CCCN2C(=O)[C@@H]2CCCN2C(=O)CCC(=O)CNC(=O)CCC(=O)N2Cc3ccccc3C#Cc3ccccc32)nc2c1ncn2[C@@H]1O[C@@H]2COP(O)(=S)O[C@@H]3[C@@H](COP(O)(=S)O[C@@H]1[C@@H]2O)OC(n1cc2c4c(ncnc41)CCCC2)[C@@H]3O. The number of carbonyl (C=O) groups is 6. The first kappa shape index (κ1) is 66.5. The summed E-state index contributed by atoms with van der Waals surface area (Å²) in [5.74, 6) is 4.32. The van der Waals surface area contributed by atoms with Crippen LogP contribution in [0.4, 0.5) is 17.5 Å². The average molecular weight is 1380 g/mol. The molecule has 29 nitrogen and oxygen atoms in total. The fourth-order valence-electron chi connectivity index (χ4n) is 13.6. The van der Waals surface area contributed by atoms with Crippen molar-refractivity contribution in [1.29, 1.82) is 0 Å². The number of fused-ring (bicyclic) bond motifs is 6. The summed E-state index contributed by atoms with van der Waals surface area (Å²) in [7, 11) is 0. The summed E-state index contributed by atoms with van der Waals surface area (Å²) in [5, 5.41) is 30.1. The molecular weight excluding hydrogens is 1310 g/mol. The molecule has 6 aromatic rings. The minimum absolute atomic E-state index is 0.0377. The Bertz CT molecular complexity index is 4170. The fourth-order valence-corrected chi connectivity index (χ4v) is 16.4. The summed E-state index contributed by atoms with van der Waals surface area (Å²) >= 11 is 11.0. The predicted molar refractivity (Wildman–Crippen MR) is 347 cm³/mol. The zero-order valence-electron chi connectivity index (χ0n) is 51.4. The zero-order chi connectivity index (χ0) is 66.3. The smallest absolute Gasteiger partial charge is 0.325 e. The second kappa shape index (κ2) is 28.2. The lowest BCUT2D eigenvalue weighted by molar-refractivity contribution is -0.146. The Hall–Kier alpha value is -7.11. The van der Waals surface area contributed by atoms with Gasteiger partial charge in [-0.15, -0.1) is 0 Å². The second-order valence-electron chi connectivity index (χ2n) is 24.5. The molecular formula is C62H71N13O16P2S2. The third-order valence-corrected chi connectivity index (χ3v) is 21.4. The molecule has 502 valence electrons. The van der Waals surface area contributed by atoms with E-state index in [9.17, 15) is 48.8 Å². The number of nitrogen functional groups attached to an aromatic ring is 1. The number of likely N-dealkylation sites (tertiary alicyclic amines) is 2. The van der Waals surface area contributed by atoms with E-state index in [-0.39, 0.29) is 104 Å². The molecule has 3 unspecified atom stereocenters.